The van der Waals surface area contributed by atoms with Gasteiger partial charge in [-0.1, -0.05) is 35.9 Å². The van der Waals surface area contributed by atoms with Gasteiger partial charge in [0, 0.05) is 42.1 Å². The van der Waals surface area contributed by atoms with E-state index in [2.05, 4.69) is 10.6 Å². The number of carbonyl (C=O) groups is 2. The Morgan fingerprint density at radius 1 is 1.08 bits per heavy atom. The van der Waals surface area contributed by atoms with Gasteiger partial charge in [0.05, 0.1) is 53.6 Å². The molecule has 0 fully saturated rings. The summed E-state index contributed by atoms with van der Waals surface area (Å²) < 4.78 is 55.1. The maximum Gasteiger partial charge on any atom is 0.309 e. The molecule has 3 aromatic carbocycles. The van der Waals surface area contributed by atoms with Gasteiger partial charge in [0.2, 0.25) is 10.0 Å². The van der Waals surface area contributed by atoms with Crippen LogP contribution in [-0.2, 0) is 19.6 Å². The number of pyridine rings is 1. The van der Waals surface area contributed by atoms with Gasteiger partial charge < -0.3 is 24.4 Å². The molecule has 7 rings (SSSR count). The van der Waals surface area contributed by atoms with Crippen molar-refractivity contribution in [2.24, 2.45) is 0 Å². The number of fused-ring (bicyclic) bond motifs is 6. The molecule has 1 amide bonds. The van der Waals surface area contributed by atoms with Crippen LogP contribution in [0.1, 0.15) is 28.5 Å². The van der Waals surface area contributed by atoms with Crippen LogP contribution in [0.15, 0.2) is 77.2 Å². The Kier molecular flexibility index (Phi) is 7.66. The van der Waals surface area contributed by atoms with Crippen molar-refractivity contribution in [2.45, 2.75) is 19.5 Å². The summed E-state index contributed by atoms with van der Waals surface area (Å²) in [5, 5.41) is 6.86. The van der Waals surface area contributed by atoms with Crippen LogP contribution in [0.25, 0.3) is 55.8 Å². The number of hydrogen-bond acceptors (Lipinski definition) is 8. The van der Waals surface area contributed by atoms with E-state index in [9.17, 15) is 18.0 Å². The lowest BCUT2D eigenvalue weighted by Gasteiger charge is -2.30. The molecule has 0 radical (unpaired) electrons. The van der Waals surface area contributed by atoms with Crippen LogP contribution in [0.2, 0.25) is 0 Å². The number of rotatable bonds is 7. The molecule has 4 heterocycles. The highest BCUT2D eigenvalue weighted by atomic mass is 32.2. The number of halogens is 1. The van der Waals surface area contributed by atoms with Gasteiger partial charge in [-0.25, -0.2) is 17.8 Å². The highest BCUT2D eigenvalue weighted by Gasteiger charge is 2.31. The highest BCUT2D eigenvalue weighted by Crippen LogP contribution is 2.45. The second-order valence-corrected chi connectivity index (χ2v) is 14.0. The number of methoxy groups -OCH3 is 1. The average molecular weight is 682 g/mol. The molecule has 1 atom stereocenters. The molecule has 11 nitrogen and oxygen atoms in total. The first-order valence-corrected chi connectivity index (χ1v) is 17.2. The fourth-order valence-corrected chi connectivity index (χ4v) is 6.82. The number of sulfonamides is 1. The third-order valence-corrected chi connectivity index (χ3v) is 10.1. The first-order valence-electron chi connectivity index (χ1n) is 15.4. The Morgan fingerprint density at radius 2 is 1.84 bits per heavy atom. The standard InChI is InChI=1S/C36H32FN5O6S/c1-19-9-11-20(12-10-19)35-33(36(44)38-2)23-15-22(28(17-30(23)48-35)41(3)49(5,45)46)25-13-14-26-34(40-25)29-16-21-24(37)7-6-8-27(21)42(29)31(39-26)18-32(43)47-4/h6-17,31,39H,18H2,1-5H3,(H,38,44). The van der Waals surface area contributed by atoms with Crippen molar-refractivity contribution in [3.05, 3.63) is 89.7 Å². The number of nitrogens with zero attached hydrogens (tertiary/aromatic N) is 3. The van der Waals surface area contributed by atoms with Crippen molar-refractivity contribution < 1.29 is 31.6 Å². The maximum atomic E-state index is 15.1. The summed E-state index contributed by atoms with van der Waals surface area (Å²) in [6.07, 6.45) is 0.471. The van der Waals surface area contributed by atoms with E-state index < -0.39 is 28.0 Å². The van der Waals surface area contributed by atoms with E-state index in [4.69, 9.17) is 14.1 Å². The van der Waals surface area contributed by atoms with E-state index in [1.807, 2.05) is 35.8 Å². The van der Waals surface area contributed by atoms with Crippen molar-refractivity contribution in [3.63, 3.8) is 0 Å². The van der Waals surface area contributed by atoms with Crippen molar-refractivity contribution in [3.8, 4) is 34.0 Å². The molecule has 13 heteroatoms. The monoisotopic (exact) mass is 681 g/mol. The lowest BCUT2D eigenvalue weighted by molar-refractivity contribution is -0.141. The molecule has 6 aromatic rings. The Bertz CT molecular complexity index is 2430. The molecule has 2 N–H and O–H groups in total. The number of amides is 1. The molecule has 1 aliphatic rings. The van der Waals surface area contributed by atoms with Crippen LogP contribution in [0.5, 0.6) is 0 Å². The van der Waals surface area contributed by atoms with Crippen molar-refractivity contribution >= 4 is 55.1 Å². The zero-order valence-corrected chi connectivity index (χ0v) is 28.1. The fourth-order valence-electron chi connectivity index (χ4n) is 6.32. The number of furan rings is 1. The van der Waals surface area contributed by atoms with Gasteiger partial charge in [-0.3, -0.25) is 13.9 Å². The normalized spacial score (nSPS) is 13.9. The molecule has 0 aliphatic carbocycles. The fraction of sp³-hybridized carbons (Fsp3) is 0.194. The van der Waals surface area contributed by atoms with Gasteiger partial charge in [-0.05, 0) is 43.3 Å². The predicted molar refractivity (Wildman–Crippen MR) is 186 cm³/mol. The Labute approximate surface area is 281 Å². The topological polar surface area (TPSA) is 136 Å². The summed E-state index contributed by atoms with van der Waals surface area (Å²) in [7, 11) is 0.505. The first kappa shape index (κ1) is 31.9. The molecule has 1 aliphatic heterocycles. The summed E-state index contributed by atoms with van der Waals surface area (Å²) in [4.78, 5) is 30.8. The summed E-state index contributed by atoms with van der Waals surface area (Å²) >= 11 is 0. The SMILES string of the molecule is CNC(=O)c1c(-c2ccc(C)cc2)oc2cc(N(C)S(C)(=O)=O)c(-c3ccc4c(n3)-c3cc5c(F)cccc5n3C(CC(=O)OC)N4)cc12. The van der Waals surface area contributed by atoms with Crippen molar-refractivity contribution in [1.29, 1.82) is 0 Å². The molecule has 0 spiro atoms. The number of esters is 1. The summed E-state index contributed by atoms with van der Waals surface area (Å²) in [6, 6.07) is 20.8. The van der Waals surface area contributed by atoms with E-state index in [1.165, 1.54) is 27.3 Å². The third kappa shape index (κ3) is 5.35. The zero-order chi connectivity index (χ0) is 34.8. The van der Waals surface area contributed by atoms with Gasteiger partial charge in [0.15, 0.2) is 0 Å². The number of benzene rings is 3. The lowest BCUT2D eigenvalue weighted by atomic mass is 10.00. The van der Waals surface area contributed by atoms with Gasteiger partial charge in [-0.2, -0.15) is 0 Å². The maximum absolute atomic E-state index is 15.1. The van der Waals surface area contributed by atoms with Crippen molar-refractivity contribution in [2.75, 3.05) is 37.1 Å². The number of carbonyl (C=O) groups excluding carboxylic acids is 2. The number of aromatic nitrogens is 2. The van der Waals surface area contributed by atoms with Crippen LogP contribution < -0.4 is 14.9 Å². The first-order chi connectivity index (χ1) is 23.4. The predicted octanol–water partition coefficient (Wildman–Crippen LogP) is 6.47. The van der Waals surface area contributed by atoms with Gasteiger partial charge in [0.1, 0.15) is 29.0 Å². The average Bonchev–Trinajstić information content (AvgIpc) is 3.67. The lowest BCUT2D eigenvalue weighted by Crippen LogP contribution is -2.27. The summed E-state index contributed by atoms with van der Waals surface area (Å²) in [5.74, 6) is -0.920. The molecule has 250 valence electrons. The van der Waals surface area contributed by atoms with Crippen LogP contribution in [0, 0.1) is 12.7 Å². The van der Waals surface area contributed by atoms with Crippen LogP contribution in [0.3, 0.4) is 0 Å². The number of aryl methyl sites for hydroxylation is 1. The van der Waals surface area contributed by atoms with E-state index in [1.54, 1.807) is 42.5 Å². The molecule has 1 unspecified atom stereocenters. The van der Waals surface area contributed by atoms with Gasteiger partial charge in [-0.15, -0.1) is 0 Å². The van der Waals surface area contributed by atoms with Crippen LogP contribution >= 0.6 is 0 Å². The second kappa shape index (κ2) is 11.8. The van der Waals surface area contributed by atoms with Crippen molar-refractivity contribution in [1.82, 2.24) is 14.9 Å². The summed E-state index contributed by atoms with van der Waals surface area (Å²) in [6.45, 7) is 1.96. The highest BCUT2D eigenvalue weighted by molar-refractivity contribution is 7.92. The Morgan fingerprint density at radius 3 is 2.53 bits per heavy atom. The smallest absolute Gasteiger partial charge is 0.309 e. The second-order valence-electron chi connectivity index (χ2n) is 12.0. The molecule has 0 saturated carbocycles. The molecular formula is C36H32FN5O6S. The van der Waals surface area contributed by atoms with Crippen LogP contribution in [0.4, 0.5) is 15.8 Å². The quantitative estimate of drug-likeness (QED) is 0.183. The minimum absolute atomic E-state index is 0.0307. The molecule has 3 aromatic heterocycles. The summed E-state index contributed by atoms with van der Waals surface area (Å²) in [5.41, 5.74) is 5.55. The number of ether oxygens (including phenoxy) is 1. The van der Waals surface area contributed by atoms with Gasteiger partial charge >= 0.3 is 5.97 Å². The molecule has 0 bridgehead atoms. The number of nitrogens with one attached hydrogen (secondary N) is 2. The number of anilines is 2. The van der Waals surface area contributed by atoms with E-state index in [0.29, 0.717) is 61.5 Å². The number of hydrogen-bond donors (Lipinski definition) is 2. The molecule has 49 heavy (non-hydrogen) atoms. The van der Waals surface area contributed by atoms with Gasteiger partial charge in [0.25, 0.3) is 5.91 Å². The third-order valence-electron chi connectivity index (χ3n) is 8.88. The van der Waals surface area contributed by atoms with Crippen LogP contribution in [-0.4, -0.2) is 57.3 Å². The molecule has 0 saturated heterocycles. The zero-order valence-electron chi connectivity index (χ0n) is 27.3. The van der Waals surface area contributed by atoms with E-state index in [-0.39, 0.29) is 23.6 Å². The molecular weight excluding hydrogens is 649 g/mol. The Balaban J connectivity index is 1.48. The minimum atomic E-state index is -3.76. The van der Waals surface area contributed by atoms with E-state index in [0.717, 1.165) is 16.1 Å². The Hall–Kier alpha value is -5.69. The minimum Gasteiger partial charge on any atom is -0.469 e. The van der Waals surface area contributed by atoms with E-state index >= 15 is 4.39 Å². The largest absolute Gasteiger partial charge is 0.469 e.